The molecule has 0 bridgehead atoms. The number of alkyl halides is 1. The maximum Gasteiger partial charge on any atom is 0.157 e. The van der Waals surface area contributed by atoms with Crippen molar-refractivity contribution in [2.75, 3.05) is 12.5 Å². The minimum Gasteiger partial charge on any atom is -0.490 e. The van der Waals surface area contributed by atoms with Crippen molar-refractivity contribution in [2.45, 2.75) is 25.7 Å². The van der Waals surface area contributed by atoms with E-state index in [0.717, 1.165) is 31.1 Å². The van der Waals surface area contributed by atoms with Crippen LogP contribution in [0, 0.1) is 0 Å². The summed E-state index contributed by atoms with van der Waals surface area (Å²) in [4.78, 5) is 0. The van der Waals surface area contributed by atoms with Crippen LogP contribution in [-0.4, -0.2) is 22.3 Å². The molecule has 1 heterocycles. The number of nitrogens with zero attached hydrogens (tertiary/aromatic N) is 2. The molecule has 0 atom stereocenters. The number of aryl methyl sites for hydroxylation is 1. The van der Waals surface area contributed by atoms with Crippen molar-refractivity contribution in [3.8, 4) is 5.75 Å². The maximum atomic E-state index is 5.57. The Morgan fingerprint density at radius 2 is 2.14 bits per heavy atom. The van der Waals surface area contributed by atoms with Gasteiger partial charge in [0.1, 0.15) is 0 Å². The molecule has 0 amide bonds. The van der Waals surface area contributed by atoms with Crippen LogP contribution >= 0.6 is 11.6 Å². The van der Waals surface area contributed by atoms with Crippen molar-refractivity contribution in [2.24, 2.45) is 7.05 Å². The van der Waals surface area contributed by atoms with Gasteiger partial charge in [-0.25, -0.2) is 0 Å². The highest BCUT2D eigenvalue weighted by molar-refractivity contribution is 6.17. The van der Waals surface area contributed by atoms with Crippen LogP contribution in [0.4, 0.5) is 0 Å². The Balaban J connectivity index is 1.99. The summed E-state index contributed by atoms with van der Waals surface area (Å²) in [6, 6.07) is 0. The molecular formula is C10H17ClN2O. The van der Waals surface area contributed by atoms with E-state index >= 15 is 0 Å². The highest BCUT2D eigenvalue weighted by atomic mass is 35.5. The Kier molecular flexibility index (Phi) is 5.45. The van der Waals surface area contributed by atoms with Crippen LogP contribution in [-0.2, 0) is 7.05 Å². The molecule has 1 aromatic rings. The van der Waals surface area contributed by atoms with Crippen molar-refractivity contribution >= 4 is 11.6 Å². The van der Waals surface area contributed by atoms with Gasteiger partial charge in [0.15, 0.2) is 5.75 Å². The summed E-state index contributed by atoms with van der Waals surface area (Å²) in [5, 5.41) is 4.02. The molecule has 0 fully saturated rings. The van der Waals surface area contributed by atoms with E-state index in [0.29, 0.717) is 0 Å². The lowest BCUT2D eigenvalue weighted by Gasteiger charge is -2.02. The number of unbranched alkanes of at least 4 members (excludes halogenated alkanes) is 3. The van der Waals surface area contributed by atoms with Crippen molar-refractivity contribution in [3.05, 3.63) is 12.4 Å². The van der Waals surface area contributed by atoms with E-state index in [9.17, 15) is 0 Å². The highest BCUT2D eigenvalue weighted by Gasteiger charge is 1.95. The van der Waals surface area contributed by atoms with Crippen molar-refractivity contribution in [1.29, 1.82) is 0 Å². The molecule has 4 heteroatoms. The average molecular weight is 217 g/mol. The van der Waals surface area contributed by atoms with Gasteiger partial charge in [0.05, 0.1) is 19.0 Å². The average Bonchev–Trinajstić information content (AvgIpc) is 2.58. The van der Waals surface area contributed by atoms with Crippen LogP contribution in [0.5, 0.6) is 5.75 Å². The topological polar surface area (TPSA) is 27.1 Å². The molecule has 0 unspecified atom stereocenters. The summed E-state index contributed by atoms with van der Waals surface area (Å²) in [5.74, 6) is 1.62. The summed E-state index contributed by atoms with van der Waals surface area (Å²) >= 11 is 5.57. The molecule has 0 aliphatic carbocycles. The summed E-state index contributed by atoms with van der Waals surface area (Å²) in [6.07, 6.45) is 8.19. The van der Waals surface area contributed by atoms with Gasteiger partial charge in [0.25, 0.3) is 0 Å². The lowest BCUT2D eigenvalue weighted by Crippen LogP contribution is -1.96. The number of hydrogen-bond donors (Lipinski definition) is 0. The monoisotopic (exact) mass is 216 g/mol. The van der Waals surface area contributed by atoms with Crippen LogP contribution in [0.2, 0.25) is 0 Å². The Morgan fingerprint density at radius 3 is 2.79 bits per heavy atom. The molecule has 0 saturated carbocycles. The maximum absolute atomic E-state index is 5.57. The number of aromatic nitrogens is 2. The predicted molar refractivity (Wildman–Crippen MR) is 57.9 cm³/mol. The van der Waals surface area contributed by atoms with Gasteiger partial charge in [-0.15, -0.1) is 11.6 Å². The van der Waals surface area contributed by atoms with Crippen molar-refractivity contribution < 1.29 is 4.74 Å². The number of hydrogen-bond acceptors (Lipinski definition) is 2. The number of rotatable bonds is 7. The fourth-order valence-electron chi connectivity index (χ4n) is 1.21. The minimum atomic E-state index is 0.767. The van der Waals surface area contributed by atoms with Gasteiger partial charge in [0, 0.05) is 12.9 Å². The van der Waals surface area contributed by atoms with Crippen LogP contribution < -0.4 is 4.74 Å². The summed E-state index contributed by atoms with van der Waals surface area (Å²) in [6.45, 7) is 0.772. The SMILES string of the molecule is Cn1cc(OCCCCCCCl)cn1. The Hall–Kier alpha value is -0.700. The molecular weight excluding hydrogens is 200 g/mol. The lowest BCUT2D eigenvalue weighted by molar-refractivity contribution is 0.305. The molecule has 0 aliphatic rings. The van der Waals surface area contributed by atoms with Gasteiger partial charge in [-0.05, 0) is 12.8 Å². The fraction of sp³-hybridized carbons (Fsp3) is 0.700. The molecule has 0 spiro atoms. The van der Waals surface area contributed by atoms with E-state index in [2.05, 4.69) is 5.10 Å². The molecule has 0 aliphatic heterocycles. The molecule has 1 aromatic heterocycles. The third-order valence-electron chi connectivity index (χ3n) is 1.98. The normalized spacial score (nSPS) is 10.4. The Morgan fingerprint density at radius 1 is 1.36 bits per heavy atom. The Bertz CT molecular complexity index is 250. The molecule has 0 aromatic carbocycles. The van der Waals surface area contributed by atoms with Crippen LogP contribution in [0.1, 0.15) is 25.7 Å². The summed E-state index contributed by atoms with van der Waals surface area (Å²) in [7, 11) is 1.88. The fourth-order valence-corrected chi connectivity index (χ4v) is 1.40. The van der Waals surface area contributed by atoms with Gasteiger partial charge in [-0.1, -0.05) is 12.8 Å². The third kappa shape index (κ3) is 4.51. The van der Waals surface area contributed by atoms with Crippen LogP contribution in [0.3, 0.4) is 0 Å². The standard InChI is InChI=1S/C10H17ClN2O/c1-13-9-10(8-12-13)14-7-5-3-2-4-6-11/h8-9H,2-7H2,1H3. The zero-order valence-corrected chi connectivity index (χ0v) is 9.33. The zero-order valence-electron chi connectivity index (χ0n) is 8.58. The number of ether oxygens (including phenoxy) is 1. The third-order valence-corrected chi connectivity index (χ3v) is 2.25. The van der Waals surface area contributed by atoms with E-state index in [-0.39, 0.29) is 0 Å². The van der Waals surface area contributed by atoms with E-state index in [1.165, 1.54) is 12.8 Å². The second-order valence-electron chi connectivity index (χ2n) is 3.30. The molecule has 80 valence electrons. The minimum absolute atomic E-state index is 0.767. The van der Waals surface area contributed by atoms with Gasteiger partial charge < -0.3 is 4.74 Å². The van der Waals surface area contributed by atoms with Crippen molar-refractivity contribution in [3.63, 3.8) is 0 Å². The second-order valence-corrected chi connectivity index (χ2v) is 3.68. The quantitative estimate of drug-likeness (QED) is 0.518. The van der Waals surface area contributed by atoms with Gasteiger partial charge >= 0.3 is 0 Å². The second kappa shape index (κ2) is 6.71. The molecule has 3 nitrogen and oxygen atoms in total. The highest BCUT2D eigenvalue weighted by Crippen LogP contribution is 2.08. The lowest BCUT2D eigenvalue weighted by atomic mass is 10.2. The molecule has 14 heavy (non-hydrogen) atoms. The zero-order chi connectivity index (χ0) is 10.2. The summed E-state index contributed by atoms with van der Waals surface area (Å²) < 4.78 is 7.23. The molecule has 0 N–H and O–H groups in total. The Labute approximate surface area is 90.0 Å². The van der Waals surface area contributed by atoms with Gasteiger partial charge in [0.2, 0.25) is 0 Å². The largest absolute Gasteiger partial charge is 0.490 e. The first-order valence-corrected chi connectivity index (χ1v) is 5.54. The van der Waals surface area contributed by atoms with E-state index in [1.54, 1.807) is 10.9 Å². The first kappa shape index (κ1) is 11.4. The van der Waals surface area contributed by atoms with Crippen molar-refractivity contribution in [1.82, 2.24) is 9.78 Å². The predicted octanol–water partition coefficient (Wildman–Crippen LogP) is 2.60. The first-order valence-electron chi connectivity index (χ1n) is 5.00. The van der Waals surface area contributed by atoms with E-state index in [1.807, 2.05) is 13.2 Å². The van der Waals surface area contributed by atoms with Gasteiger partial charge in [-0.3, -0.25) is 4.68 Å². The molecule has 0 radical (unpaired) electrons. The van der Waals surface area contributed by atoms with Crippen LogP contribution in [0.25, 0.3) is 0 Å². The molecule has 0 saturated heterocycles. The van der Waals surface area contributed by atoms with Crippen LogP contribution in [0.15, 0.2) is 12.4 Å². The summed E-state index contributed by atoms with van der Waals surface area (Å²) in [5.41, 5.74) is 0. The molecule has 1 rings (SSSR count). The van der Waals surface area contributed by atoms with E-state index in [4.69, 9.17) is 16.3 Å². The number of halogens is 1. The smallest absolute Gasteiger partial charge is 0.157 e. The first-order chi connectivity index (χ1) is 6.83. The van der Waals surface area contributed by atoms with E-state index < -0.39 is 0 Å². The van der Waals surface area contributed by atoms with Gasteiger partial charge in [-0.2, -0.15) is 5.10 Å².